The molecule has 0 aromatic rings. The first kappa shape index (κ1) is 18.2. The zero-order valence-electron chi connectivity index (χ0n) is 12.6. The van der Waals surface area contributed by atoms with E-state index in [2.05, 4.69) is 15.4 Å². The van der Waals surface area contributed by atoms with E-state index in [4.69, 9.17) is 5.11 Å². The number of carbonyl (C=O) groups is 3. The minimum Gasteiger partial charge on any atom is -0.480 e. The lowest BCUT2D eigenvalue weighted by molar-refractivity contribution is -0.143. The fraction of sp³-hybridized carbons (Fsp3) is 0.769. The smallest absolute Gasteiger partial charge is 0.328 e. The van der Waals surface area contributed by atoms with Gasteiger partial charge in [0.25, 0.3) is 0 Å². The molecule has 0 spiro atoms. The van der Waals surface area contributed by atoms with Gasteiger partial charge in [0.2, 0.25) is 0 Å². The normalized spacial score (nSPS) is 13.8. The first-order chi connectivity index (χ1) is 9.18. The number of amides is 2. The SMILES string of the molecule is COC(=O)C(CC(C)C)NC(=O)NC(C(=O)O)C(C)C. The Bertz CT molecular complexity index is 355. The number of hydrogen-bond donors (Lipinski definition) is 3. The summed E-state index contributed by atoms with van der Waals surface area (Å²) < 4.78 is 4.62. The van der Waals surface area contributed by atoms with Crippen molar-refractivity contribution < 1.29 is 24.2 Å². The molecule has 0 aliphatic carbocycles. The summed E-state index contributed by atoms with van der Waals surface area (Å²) in [5.41, 5.74) is 0. The zero-order valence-corrected chi connectivity index (χ0v) is 12.6. The summed E-state index contributed by atoms with van der Waals surface area (Å²) >= 11 is 0. The van der Waals surface area contributed by atoms with E-state index in [9.17, 15) is 14.4 Å². The molecule has 20 heavy (non-hydrogen) atoms. The lowest BCUT2D eigenvalue weighted by Gasteiger charge is -2.22. The van der Waals surface area contributed by atoms with Gasteiger partial charge >= 0.3 is 18.0 Å². The summed E-state index contributed by atoms with van der Waals surface area (Å²) in [6.45, 7) is 7.18. The molecular formula is C13H24N2O5. The molecule has 0 aliphatic rings. The molecule has 0 fully saturated rings. The summed E-state index contributed by atoms with van der Waals surface area (Å²) in [4.78, 5) is 34.3. The first-order valence-electron chi connectivity index (χ1n) is 6.56. The Labute approximate surface area is 119 Å². The monoisotopic (exact) mass is 288 g/mol. The minimum absolute atomic E-state index is 0.180. The highest BCUT2D eigenvalue weighted by atomic mass is 16.5. The van der Waals surface area contributed by atoms with Crippen LogP contribution in [0.25, 0.3) is 0 Å². The standard InChI is InChI=1S/C13H24N2O5/c1-7(2)6-9(12(18)20-5)14-13(19)15-10(8(3)4)11(16)17/h7-10H,6H2,1-5H3,(H,16,17)(H2,14,15,19). The van der Waals surface area contributed by atoms with Crippen molar-refractivity contribution in [1.29, 1.82) is 0 Å². The van der Waals surface area contributed by atoms with Crippen LogP contribution in [-0.2, 0) is 14.3 Å². The van der Waals surface area contributed by atoms with Crippen molar-refractivity contribution in [2.75, 3.05) is 7.11 Å². The Morgan fingerprint density at radius 3 is 2.00 bits per heavy atom. The molecule has 2 atom stereocenters. The third kappa shape index (κ3) is 6.40. The van der Waals surface area contributed by atoms with E-state index in [1.54, 1.807) is 13.8 Å². The number of carboxylic acids is 1. The van der Waals surface area contributed by atoms with Gasteiger partial charge in [-0.3, -0.25) is 0 Å². The van der Waals surface area contributed by atoms with Crippen LogP contribution in [0.2, 0.25) is 0 Å². The van der Waals surface area contributed by atoms with E-state index < -0.39 is 30.1 Å². The molecule has 7 heteroatoms. The van der Waals surface area contributed by atoms with Gasteiger partial charge in [0, 0.05) is 0 Å². The van der Waals surface area contributed by atoms with Crippen LogP contribution in [0.1, 0.15) is 34.1 Å². The number of ether oxygens (including phenoxy) is 1. The second-order valence-electron chi connectivity index (χ2n) is 5.38. The van der Waals surface area contributed by atoms with Crippen molar-refractivity contribution in [3.63, 3.8) is 0 Å². The highest BCUT2D eigenvalue weighted by molar-refractivity contribution is 5.86. The van der Waals surface area contributed by atoms with Crippen LogP contribution >= 0.6 is 0 Å². The fourth-order valence-electron chi connectivity index (χ4n) is 1.68. The molecule has 0 saturated heterocycles. The average Bonchev–Trinajstić information content (AvgIpc) is 2.32. The van der Waals surface area contributed by atoms with Gasteiger partial charge in [-0.05, 0) is 18.3 Å². The molecule has 0 saturated carbocycles. The second-order valence-corrected chi connectivity index (χ2v) is 5.38. The molecule has 116 valence electrons. The molecule has 0 aromatic carbocycles. The number of nitrogens with one attached hydrogen (secondary N) is 2. The second kappa shape index (κ2) is 8.39. The molecule has 0 heterocycles. The molecule has 0 aromatic heterocycles. The van der Waals surface area contributed by atoms with Gasteiger partial charge in [-0.2, -0.15) is 0 Å². The summed E-state index contributed by atoms with van der Waals surface area (Å²) in [7, 11) is 1.24. The van der Waals surface area contributed by atoms with Gasteiger partial charge in [-0.25, -0.2) is 14.4 Å². The highest BCUT2D eigenvalue weighted by Crippen LogP contribution is 2.07. The molecule has 0 radical (unpaired) electrons. The number of urea groups is 1. The van der Waals surface area contributed by atoms with Crippen LogP contribution in [0.15, 0.2) is 0 Å². The van der Waals surface area contributed by atoms with Crippen molar-refractivity contribution in [1.82, 2.24) is 10.6 Å². The molecule has 3 N–H and O–H groups in total. The number of carbonyl (C=O) groups excluding carboxylic acids is 2. The van der Waals surface area contributed by atoms with Gasteiger partial charge in [0.15, 0.2) is 0 Å². The van der Waals surface area contributed by atoms with E-state index in [1.165, 1.54) is 7.11 Å². The fourth-order valence-corrected chi connectivity index (χ4v) is 1.68. The Kier molecular flexibility index (Phi) is 7.64. The molecule has 0 aliphatic heterocycles. The largest absolute Gasteiger partial charge is 0.480 e. The van der Waals surface area contributed by atoms with Gasteiger partial charge in [-0.1, -0.05) is 27.7 Å². The summed E-state index contributed by atoms with van der Waals surface area (Å²) in [6, 6.07) is -2.49. The van der Waals surface area contributed by atoms with Gasteiger partial charge < -0.3 is 20.5 Å². The van der Waals surface area contributed by atoms with E-state index >= 15 is 0 Å². The number of aliphatic carboxylic acids is 1. The van der Waals surface area contributed by atoms with Crippen LogP contribution in [0.4, 0.5) is 4.79 Å². The lowest BCUT2D eigenvalue weighted by atomic mass is 10.0. The summed E-state index contributed by atoms with van der Waals surface area (Å²) in [6.07, 6.45) is 0.416. The van der Waals surface area contributed by atoms with Gasteiger partial charge in [0.05, 0.1) is 7.11 Å². The van der Waals surface area contributed by atoms with Crippen molar-refractivity contribution >= 4 is 18.0 Å². The van der Waals surface area contributed by atoms with E-state index in [0.29, 0.717) is 6.42 Å². The van der Waals surface area contributed by atoms with E-state index in [0.717, 1.165) is 0 Å². The Hall–Kier alpha value is -1.79. The maximum Gasteiger partial charge on any atom is 0.328 e. The first-order valence-corrected chi connectivity index (χ1v) is 6.56. The predicted octanol–water partition coefficient (Wildman–Crippen LogP) is 0.983. The third-order valence-electron chi connectivity index (χ3n) is 2.72. The quantitative estimate of drug-likeness (QED) is 0.606. The van der Waals surface area contributed by atoms with E-state index in [-0.39, 0.29) is 11.8 Å². The predicted molar refractivity (Wildman–Crippen MR) is 73.2 cm³/mol. The summed E-state index contributed by atoms with van der Waals surface area (Å²) in [5, 5.41) is 13.8. The van der Waals surface area contributed by atoms with Crippen molar-refractivity contribution in [2.45, 2.75) is 46.2 Å². The Morgan fingerprint density at radius 1 is 1.10 bits per heavy atom. The van der Waals surface area contributed by atoms with Crippen LogP contribution in [-0.4, -0.2) is 42.3 Å². The van der Waals surface area contributed by atoms with Crippen LogP contribution in [0.3, 0.4) is 0 Å². The molecule has 0 bridgehead atoms. The van der Waals surface area contributed by atoms with Crippen LogP contribution < -0.4 is 10.6 Å². The molecule has 2 amide bonds. The molecular weight excluding hydrogens is 264 g/mol. The molecule has 0 rings (SSSR count). The third-order valence-corrected chi connectivity index (χ3v) is 2.72. The number of rotatable bonds is 7. The number of hydrogen-bond acceptors (Lipinski definition) is 4. The van der Waals surface area contributed by atoms with Crippen molar-refractivity contribution in [2.24, 2.45) is 11.8 Å². The zero-order chi connectivity index (χ0) is 15.9. The molecule has 2 unspecified atom stereocenters. The summed E-state index contributed by atoms with van der Waals surface area (Å²) in [5.74, 6) is -1.75. The van der Waals surface area contributed by atoms with Crippen molar-refractivity contribution in [3.05, 3.63) is 0 Å². The van der Waals surface area contributed by atoms with Gasteiger partial charge in [-0.15, -0.1) is 0 Å². The van der Waals surface area contributed by atoms with Gasteiger partial charge in [0.1, 0.15) is 12.1 Å². The maximum atomic E-state index is 11.8. The molecule has 7 nitrogen and oxygen atoms in total. The Balaban J connectivity index is 4.67. The van der Waals surface area contributed by atoms with Crippen molar-refractivity contribution in [3.8, 4) is 0 Å². The number of carboxylic acid groups (broad SMARTS) is 1. The lowest BCUT2D eigenvalue weighted by Crippen LogP contribution is -2.53. The van der Waals surface area contributed by atoms with Crippen LogP contribution in [0.5, 0.6) is 0 Å². The topological polar surface area (TPSA) is 105 Å². The minimum atomic E-state index is -1.12. The number of methoxy groups -OCH3 is 1. The Morgan fingerprint density at radius 2 is 1.65 bits per heavy atom. The number of esters is 1. The highest BCUT2D eigenvalue weighted by Gasteiger charge is 2.27. The van der Waals surface area contributed by atoms with E-state index in [1.807, 2.05) is 13.8 Å². The maximum absolute atomic E-state index is 11.8. The van der Waals surface area contributed by atoms with Crippen LogP contribution in [0, 0.1) is 11.8 Å². The average molecular weight is 288 g/mol.